The van der Waals surface area contributed by atoms with E-state index in [-0.39, 0.29) is 11.9 Å². The number of piperazine rings is 1. The van der Waals surface area contributed by atoms with E-state index in [0.717, 1.165) is 5.01 Å². The number of amides is 2. The van der Waals surface area contributed by atoms with Crippen molar-refractivity contribution in [2.45, 2.75) is 58.2 Å². The molecule has 1 fully saturated rings. The van der Waals surface area contributed by atoms with Crippen molar-refractivity contribution < 1.29 is 14.3 Å². The van der Waals surface area contributed by atoms with E-state index in [4.69, 9.17) is 10.3 Å². The summed E-state index contributed by atoms with van der Waals surface area (Å²) in [5.74, 6) is -0.231. The first-order valence-electron chi connectivity index (χ1n) is 12.4. The Morgan fingerprint density at radius 3 is 1.97 bits per heavy atom. The lowest BCUT2D eigenvalue weighted by molar-refractivity contribution is -0.139. The molecule has 2 aromatic rings. The van der Waals surface area contributed by atoms with Crippen LogP contribution in [0.3, 0.4) is 0 Å². The molecule has 0 bridgehead atoms. The molecule has 9 heteroatoms. The van der Waals surface area contributed by atoms with Crippen molar-refractivity contribution >= 4 is 12.0 Å². The van der Waals surface area contributed by atoms with Crippen LogP contribution in [0.15, 0.2) is 65.9 Å². The Kier molecular flexibility index (Phi) is 9.33. The van der Waals surface area contributed by atoms with E-state index in [1.807, 2.05) is 43.3 Å². The molecule has 0 aromatic heterocycles. The monoisotopic (exact) mass is 492 g/mol. The van der Waals surface area contributed by atoms with Gasteiger partial charge in [-0.25, -0.2) is 0 Å². The van der Waals surface area contributed by atoms with Crippen molar-refractivity contribution in [3.63, 3.8) is 0 Å². The number of rotatable bonds is 8. The lowest BCUT2D eigenvalue weighted by Gasteiger charge is -2.40. The van der Waals surface area contributed by atoms with Gasteiger partial charge in [0.1, 0.15) is 5.60 Å². The minimum Gasteiger partial charge on any atom is -0.425 e. The van der Waals surface area contributed by atoms with Crippen LogP contribution < -0.4 is 0 Å². The van der Waals surface area contributed by atoms with Crippen LogP contribution in [0.1, 0.15) is 57.7 Å². The van der Waals surface area contributed by atoms with E-state index in [2.05, 4.69) is 39.3 Å². The van der Waals surface area contributed by atoms with E-state index in [9.17, 15) is 9.59 Å². The van der Waals surface area contributed by atoms with Crippen LogP contribution in [0.2, 0.25) is 0 Å². The largest absolute Gasteiger partial charge is 0.511 e. The molecule has 192 valence electrons. The van der Waals surface area contributed by atoms with Gasteiger partial charge in [-0.3, -0.25) is 9.69 Å². The Balaban J connectivity index is 1.77. The number of nitrogens with zero attached hydrogens (tertiary/aromatic N) is 6. The minimum absolute atomic E-state index is 0.0811. The summed E-state index contributed by atoms with van der Waals surface area (Å²) in [4.78, 5) is 33.3. The third-order valence-electron chi connectivity index (χ3n) is 6.08. The molecule has 9 nitrogen and oxygen atoms in total. The second-order valence-corrected chi connectivity index (χ2v) is 9.89. The van der Waals surface area contributed by atoms with Crippen LogP contribution in [0.4, 0.5) is 4.79 Å². The second kappa shape index (κ2) is 12.4. The molecule has 0 unspecified atom stereocenters. The SMILES string of the molecule is CCC[C@@H](C(=O)N1CCN(C(c2ccccc2)c2ccccc2)CC1)N(N=[N+]=[N-])C(=O)OC(C)(C)C. The molecule has 1 aliphatic rings. The second-order valence-electron chi connectivity index (χ2n) is 9.89. The van der Waals surface area contributed by atoms with Crippen LogP contribution in [0.5, 0.6) is 0 Å². The van der Waals surface area contributed by atoms with E-state index < -0.39 is 17.7 Å². The van der Waals surface area contributed by atoms with Gasteiger partial charge in [0.05, 0.1) is 6.04 Å². The van der Waals surface area contributed by atoms with E-state index in [0.29, 0.717) is 39.0 Å². The molecular weight excluding hydrogens is 456 g/mol. The number of azide groups is 1. The molecule has 1 saturated heterocycles. The van der Waals surface area contributed by atoms with Gasteiger partial charge in [0.2, 0.25) is 0 Å². The molecule has 0 N–H and O–H groups in total. The normalized spacial score (nSPS) is 15.2. The topological polar surface area (TPSA) is 102 Å². The number of carbonyl (C=O) groups excluding carboxylic acids is 2. The molecule has 36 heavy (non-hydrogen) atoms. The molecule has 0 aliphatic carbocycles. The number of hydrogen-bond acceptors (Lipinski definition) is 5. The summed E-state index contributed by atoms with van der Waals surface area (Å²) in [5, 5.41) is 4.41. The molecule has 0 radical (unpaired) electrons. The predicted octanol–water partition coefficient (Wildman–Crippen LogP) is 5.55. The fourth-order valence-corrected chi connectivity index (χ4v) is 4.50. The van der Waals surface area contributed by atoms with Crippen LogP contribution in [-0.2, 0) is 9.53 Å². The van der Waals surface area contributed by atoms with Gasteiger partial charge in [0, 0.05) is 26.2 Å². The molecule has 0 saturated carbocycles. The summed E-state index contributed by atoms with van der Waals surface area (Å²) >= 11 is 0. The lowest BCUT2D eigenvalue weighted by Crippen LogP contribution is -2.55. The summed E-state index contributed by atoms with van der Waals surface area (Å²) in [6.45, 7) is 9.47. The van der Waals surface area contributed by atoms with E-state index in [1.54, 1.807) is 25.7 Å². The van der Waals surface area contributed by atoms with Crippen molar-refractivity contribution in [2.75, 3.05) is 26.2 Å². The summed E-state index contributed by atoms with van der Waals surface area (Å²) < 4.78 is 5.41. The number of benzene rings is 2. The molecule has 1 atom stereocenters. The zero-order valence-corrected chi connectivity index (χ0v) is 21.6. The van der Waals surface area contributed by atoms with E-state index in [1.165, 1.54) is 11.1 Å². The van der Waals surface area contributed by atoms with Gasteiger partial charge >= 0.3 is 6.09 Å². The Bertz CT molecular complexity index is 1000. The molecule has 2 amide bonds. The highest BCUT2D eigenvalue weighted by Gasteiger charge is 2.40. The molecular formula is C27H36N6O3. The maximum atomic E-state index is 13.6. The number of hydrogen-bond donors (Lipinski definition) is 0. The van der Waals surface area contributed by atoms with Gasteiger partial charge in [-0.2, -0.15) is 9.71 Å². The van der Waals surface area contributed by atoms with Crippen LogP contribution in [0.25, 0.3) is 10.4 Å². The van der Waals surface area contributed by atoms with Gasteiger partial charge in [0.15, 0.2) is 6.04 Å². The number of carbonyl (C=O) groups is 2. The molecule has 3 rings (SSSR count). The third kappa shape index (κ3) is 6.99. The highest BCUT2D eigenvalue weighted by atomic mass is 16.6. The summed E-state index contributed by atoms with van der Waals surface area (Å²) in [7, 11) is 0. The Hall–Kier alpha value is -3.55. The zero-order chi connectivity index (χ0) is 26.1. The maximum Gasteiger partial charge on any atom is 0.511 e. The summed E-state index contributed by atoms with van der Waals surface area (Å²) in [6, 6.07) is 19.9. The smallest absolute Gasteiger partial charge is 0.425 e. The Morgan fingerprint density at radius 2 is 1.53 bits per heavy atom. The van der Waals surface area contributed by atoms with Gasteiger partial charge in [-0.05, 0) is 43.5 Å². The van der Waals surface area contributed by atoms with E-state index >= 15 is 0 Å². The first-order chi connectivity index (χ1) is 17.2. The van der Waals surface area contributed by atoms with Crippen molar-refractivity contribution in [1.82, 2.24) is 14.8 Å². The highest BCUT2D eigenvalue weighted by molar-refractivity contribution is 5.85. The van der Waals surface area contributed by atoms with Crippen LogP contribution in [-0.4, -0.2) is 64.6 Å². The van der Waals surface area contributed by atoms with Crippen LogP contribution in [0, 0.1) is 0 Å². The first kappa shape index (κ1) is 27.0. The molecule has 2 aromatic carbocycles. The quantitative estimate of drug-likeness (QED) is 0.209. The average Bonchev–Trinajstić information content (AvgIpc) is 2.86. The highest BCUT2D eigenvalue weighted by Crippen LogP contribution is 2.30. The molecule has 1 aliphatic heterocycles. The standard InChI is InChI=1S/C27H36N6O3/c1-5-12-23(33(30-29-28)26(35)36-27(2,3)4)25(34)32-19-17-31(18-20-32)24(21-13-8-6-9-14-21)22-15-10-7-11-16-22/h6-11,13-16,23-24H,5,12,17-20H2,1-4H3/t23-/m0/s1. The van der Waals surface area contributed by atoms with Gasteiger partial charge < -0.3 is 9.64 Å². The Morgan fingerprint density at radius 1 is 1.00 bits per heavy atom. The van der Waals surface area contributed by atoms with Crippen molar-refractivity contribution in [3.05, 3.63) is 82.2 Å². The zero-order valence-electron chi connectivity index (χ0n) is 21.6. The molecule has 0 spiro atoms. The molecule has 1 heterocycles. The Labute approximate surface area is 213 Å². The third-order valence-corrected chi connectivity index (χ3v) is 6.08. The fourth-order valence-electron chi connectivity index (χ4n) is 4.50. The lowest BCUT2D eigenvalue weighted by atomic mass is 9.96. The van der Waals surface area contributed by atoms with Gasteiger partial charge in [-0.15, -0.1) is 10.5 Å². The van der Waals surface area contributed by atoms with Crippen LogP contribution >= 0.6 is 0 Å². The van der Waals surface area contributed by atoms with Crippen molar-refractivity contribution in [3.8, 4) is 0 Å². The first-order valence-corrected chi connectivity index (χ1v) is 12.4. The summed E-state index contributed by atoms with van der Waals surface area (Å²) in [5.41, 5.74) is 10.7. The summed E-state index contributed by atoms with van der Waals surface area (Å²) in [6.07, 6.45) is 0.188. The average molecular weight is 493 g/mol. The fraction of sp³-hybridized carbons (Fsp3) is 0.481. The maximum absolute atomic E-state index is 13.6. The van der Waals surface area contributed by atoms with Gasteiger partial charge in [0.25, 0.3) is 5.91 Å². The predicted molar refractivity (Wildman–Crippen MR) is 139 cm³/mol. The van der Waals surface area contributed by atoms with Crippen molar-refractivity contribution in [2.24, 2.45) is 5.22 Å². The van der Waals surface area contributed by atoms with Gasteiger partial charge in [-0.1, -0.05) is 74.0 Å². The number of ether oxygens (including phenoxy) is 1. The minimum atomic E-state index is -0.911. The van der Waals surface area contributed by atoms with Crippen molar-refractivity contribution in [1.29, 1.82) is 0 Å².